The zero-order valence-electron chi connectivity index (χ0n) is 18.6. The number of aromatic nitrogens is 2. The predicted molar refractivity (Wildman–Crippen MR) is 120 cm³/mol. The molecule has 0 radical (unpaired) electrons. The lowest BCUT2D eigenvalue weighted by Gasteiger charge is -2.24. The van der Waals surface area contributed by atoms with Gasteiger partial charge in [0.2, 0.25) is 17.7 Å². The number of carbonyl (C=O) groups excluding carboxylic acids is 3. The molecule has 11 heteroatoms. The normalized spacial score (nSPS) is 13.6. The first-order valence-electron chi connectivity index (χ1n) is 10.5. The Bertz CT molecular complexity index is 932. The number of carbonyl (C=O) groups is 4. The SMILES string of the molecule is CC(C)C(NC(=O)CNC(=O)C(N)Cc1ccccc1)C(=O)NC(Cc1cnc[nH]1)C(=O)O. The van der Waals surface area contributed by atoms with Gasteiger partial charge in [0.15, 0.2) is 0 Å². The van der Waals surface area contributed by atoms with Gasteiger partial charge >= 0.3 is 5.97 Å². The van der Waals surface area contributed by atoms with Crippen molar-refractivity contribution < 1.29 is 24.3 Å². The smallest absolute Gasteiger partial charge is 0.326 e. The maximum Gasteiger partial charge on any atom is 0.326 e. The summed E-state index contributed by atoms with van der Waals surface area (Å²) in [6.07, 6.45) is 3.20. The Morgan fingerprint density at radius 2 is 1.76 bits per heavy atom. The van der Waals surface area contributed by atoms with Gasteiger partial charge in [-0.3, -0.25) is 14.4 Å². The van der Waals surface area contributed by atoms with Crippen LogP contribution in [0.3, 0.4) is 0 Å². The molecular weight excluding hydrogens is 428 g/mol. The lowest BCUT2D eigenvalue weighted by Crippen LogP contribution is -2.56. The van der Waals surface area contributed by atoms with Gasteiger partial charge in [0.1, 0.15) is 12.1 Å². The molecule has 1 heterocycles. The Morgan fingerprint density at radius 3 is 2.33 bits per heavy atom. The highest BCUT2D eigenvalue weighted by molar-refractivity contribution is 5.92. The third kappa shape index (κ3) is 8.37. The van der Waals surface area contributed by atoms with Crippen molar-refractivity contribution in [2.75, 3.05) is 6.54 Å². The minimum Gasteiger partial charge on any atom is -0.480 e. The second kappa shape index (κ2) is 12.3. The summed E-state index contributed by atoms with van der Waals surface area (Å²) in [6.45, 7) is 3.06. The first-order chi connectivity index (χ1) is 15.7. The minimum atomic E-state index is -1.22. The Labute approximate surface area is 191 Å². The summed E-state index contributed by atoms with van der Waals surface area (Å²) in [7, 11) is 0. The van der Waals surface area contributed by atoms with Crippen LogP contribution < -0.4 is 21.7 Å². The van der Waals surface area contributed by atoms with E-state index in [-0.39, 0.29) is 18.9 Å². The molecular formula is C22H30N6O5. The van der Waals surface area contributed by atoms with E-state index in [0.29, 0.717) is 12.1 Å². The summed E-state index contributed by atoms with van der Waals surface area (Å²) < 4.78 is 0. The van der Waals surface area contributed by atoms with Crippen LogP contribution in [0.5, 0.6) is 0 Å². The minimum absolute atomic E-state index is 0.00912. The Morgan fingerprint density at radius 1 is 1.06 bits per heavy atom. The number of nitrogens with two attached hydrogens (primary N) is 1. The van der Waals surface area contributed by atoms with Crippen molar-refractivity contribution in [3.63, 3.8) is 0 Å². The third-order valence-electron chi connectivity index (χ3n) is 4.92. The number of carboxylic acid groups (broad SMARTS) is 1. The van der Waals surface area contributed by atoms with E-state index in [2.05, 4.69) is 25.9 Å². The van der Waals surface area contributed by atoms with E-state index < -0.39 is 41.8 Å². The van der Waals surface area contributed by atoms with Gasteiger partial charge in [-0.1, -0.05) is 44.2 Å². The Kier molecular flexibility index (Phi) is 9.55. The van der Waals surface area contributed by atoms with Gasteiger partial charge in [0, 0.05) is 18.3 Å². The predicted octanol–water partition coefficient (Wildman–Crippen LogP) is -0.651. The second-order valence-electron chi connectivity index (χ2n) is 7.98. The standard InChI is InChI=1S/C22H30N6O5/c1-13(2)19(21(31)27-17(22(32)33)9-15-10-24-12-26-15)28-18(29)11-25-20(30)16(23)8-14-6-4-3-5-7-14/h3-7,10,12-13,16-17,19H,8-9,11,23H2,1-2H3,(H,24,26)(H,25,30)(H,27,31)(H,28,29)(H,32,33). The summed E-state index contributed by atoms with van der Waals surface area (Å²) in [4.78, 5) is 55.4. The van der Waals surface area contributed by atoms with E-state index in [1.54, 1.807) is 13.8 Å². The number of benzene rings is 1. The summed E-state index contributed by atoms with van der Waals surface area (Å²) in [5.41, 5.74) is 7.34. The van der Waals surface area contributed by atoms with E-state index in [1.807, 2.05) is 30.3 Å². The summed E-state index contributed by atoms with van der Waals surface area (Å²) >= 11 is 0. The number of amides is 3. The van der Waals surface area contributed by atoms with Gasteiger partial charge < -0.3 is 31.8 Å². The largest absolute Gasteiger partial charge is 0.480 e. The fourth-order valence-corrected chi connectivity index (χ4v) is 3.10. The van der Waals surface area contributed by atoms with Crippen LogP contribution in [0.25, 0.3) is 0 Å². The van der Waals surface area contributed by atoms with Crippen molar-refractivity contribution in [1.29, 1.82) is 0 Å². The second-order valence-corrected chi connectivity index (χ2v) is 7.98. The van der Waals surface area contributed by atoms with E-state index in [4.69, 9.17) is 5.73 Å². The van der Waals surface area contributed by atoms with Gasteiger partial charge in [-0.25, -0.2) is 9.78 Å². The van der Waals surface area contributed by atoms with Crippen molar-refractivity contribution >= 4 is 23.7 Å². The van der Waals surface area contributed by atoms with E-state index in [0.717, 1.165) is 5.56 Å². The molecule has 3 unspecified atom stereocenters. The number of hydrogen-bond donors (Lipinski definition) is 6. The van der Waals surface area contributed by atoms with Crippen LogP contribution in [0.15, 0.2) is 42.9 Å². The Balaban J connectivity index is 1.87. The average Bonchev–Trinajstić information content (AvgIpc) is 3.28. The first kappa shape index (κ1) is 25.5. The summed E-state index contributed by atoms with van der Waals surface area (Å²) in [5.74, 6) is -3.27. The maximum absolute atomic E-state index is 12.7. The average molecular weight is 459 g/mol. The van der Waals surface area contributed by atoms with Crippen LogP contribution in [-0.2, 0) is 32.0 Å². The van der Waals surface area contributed by atoms with Gasteiger partial charge in [0.05, 0.1) is 18.9 Å². The van der Waals surface area contributed by atoms with Gasteiger partial charge in [-0.05, 0) is 17.9 Å². The maximum atomic E-state index is 12.7. The summed E-state index contributed by atoms with van der Waals surface area (Å²) in [5, 5.41) is 16.9. The molecule has 0 aliphatic carbocycles. The molecule has 0 saturated carbocycles. The van der Waals surface area contributed by atoms with E-state index >= 15 is 0 Å². The molecule has 2 aromatic rings. The van der Waals surface area contributed by atoms with Crippen LogP contribution >= 0.6 is 0 Å². The molecule has 0 saturated heterocycles. The van der Waals surface area contributed by atoms with Crippen LogP contribution in [0.4, 0.5) is 0 Å². The number of imidazole rings is 1. The molecule has 0 spiro atoms. The fourth-order valence-electron chi connectivity index (χ4n) is 3.10. The molecule has 1 aromatic carbocycles. The van der Waals surface area contributed by atoms with Crippen molar-refractivity contribution in [2.45, 2.75) is 44.8 Å². The fraction of sp³-hybridized carbons (Fsp3) is 0.409. The number of hydrogen-bond acceptors (Lipinski definition) is 6. The van der Waals surface area contributed by atoms with Crippen LogP contribution in [0.1, 0.15) is 25.1 Å². The van der Waals surface area contributed by atoms with Crippen molar-refractivity contribution in [2.24, 2.45) is 11.7 Å². The molecule has 178 valence electrons. The molecule has 3 atom stereocenters. The van der Waals surface area contributed by atoms with Crippen LogP contribution in [-0.4, -0.2) is 63.4 Å². The molecule has 11 nitrogen and oxygen atoms in total. The number of rotatable bonds is 12. The Hall–Kier alpha value is -3.73. The lowest BCUT2D eigenvalue weighted by molar-refractivity contribution is -0.142. The molecule has 0 aliphatic rings. The highest BCUT2D eigenvalue weighted by atomic mass is 16.4. The third-order valence-corrected chi connectivity index (χ3v) is 4.92. The zero-order chi connectivity index (χ0) is 24.4. The van der Waals surface area contributed by atoms with E-state index in [1.165, 1.54) is 12.5 Å². The van der Waals surface area contributed by atoms with Crippen LogP contribution in [0, 0.1) is 5.92 Å². The molecule has 2 rings (SSSR count). The quantitative estimate of drug-likeness (QED) is 0.244. The summed E-state index contributed by atoms with van der Waals surface area (Å²) in [6, 6.07) is 6.22. The lowest BCUT2D eigenvalue weighted by atomic mass is 10.0. The number of H-pyrrole nitrogens is 1. The van der Waals surface area contributed by atoms with Gasteiger partial charge in [-0.15, -0.1) is 0 Å². The van der Waals surface area contributed by atoms with Crippen LogP contribution in [0.2, 0.25) is 0 Å². The highest BCUT2D eigenvalue weighted by Gasteiger charge is 2.29. The molecule has 7 N–H and O–H groups in total. The number of carboxylic acids is 1. The first-order valence-corrected chi connectivity index (χ1v) is 10.5. The molecule has 3 amide bonds. The molecule has 0 aliphatic heterocycles. The monoisotopic (exact) mass is 458 g/mol. The number of aromatic amines is 1. The molecule has 1 aromatic heterocycles. The molecule has 0 fully saturated rings. The molecule has 0 bridgehead atoms. The molecule has 33 heavy (non-hydrogen) atoms. The van der Waals surface area contributed by atoms with Gasteiger partial charge in [0.25, 0.3) is 0 Å². The topological polar surface area (TPSA) is 179 Å². The number of nitrogens with one attached hydrogen (secondary N) is 4. The zero-order valence-corrected chi connectivity index (χ0v) is 18.6. The van der Waals surface area contributed by atoms with E-state index in [9.17, 15) is 24.3 Å². The van der Waals surface area contributed by atoms with Crippen molar-refractivity contribution in [3.8, 4) is 0 Å². The number of nitrogens with zero attached hydrogens (tertiary/aromatic N) is 1. The highest BCUT2D eigenvalue weighted by Crippen LogP contribution is 2.05. The van der Waals surface area contributed by atoms with Crippen molar-refractivity contribution in [1.82, 2.24) is 25.9 Å². The van der Waals surface area contributed by atoms with Crippen molar-refractivity contribution in [3.05, 3.63) is 54.1 Å². The van der Waals surface area contributed by atoms with Gasteiger partial charge in [-0.2, -0.15) is 0 Å². The number of aliphatic carboxylic acids is 1.